The number of alkyl halides is 5. The van der Waals surface area contributed by atoms with E-state index < -0.39 is 5.51 Å². The minimum absolute atomic E-state index is 0.0886. The average molecular weight is 362 g/mol. The molecule has 0 radical (unpaired) electrons. The molecule has 0 amide bonds. The zero-order chi connectivity index (χ0) is 13.8. The summed E-state index contributed by atoms with van der Waals surface area (Å²) < 4.78 is 37.2. The summed E-state index contributed by atoms with van der Waals surface area (Å²) in [6.45, 7) is 0. The van der Waals surface area contributed by atoms with E-state index in [1.54, 1.807) is 6.07 Å². The monoisotopic (exact) mass is 360 g/mol. The van der Waals surface area contributed by atoms with Crippen LogP contribution in [0.5, 0.6) is 0 Å². The van der Waals surface area contributed by atoms with E-state index in [1.165, 1.54) is 12.1 Å². The summed E-state index contributed by atoms with van der Waals surface area (Å²) >= 11 is 8.39. The number of hydrogen-bond donors (Lipinski definition) is 0. The Bertz CT molecular complexity index is 437. The first-order valence-corrected chi connectivity index (χ1v) is 7.38. The van der Waals surface area contributed by atoms with Gasteiger partial charge in [0.1, 0.15) is 0 Å². The molecule has 1 aromatic carbocycles. The van der Waals surface area contributed by atoms with Crippen molar-refractivity contribution >= 4 is 45.1 Å². The molecule has 0 aliphatic rings. The highest BCUT2D eigenvalue weighted by molar-refractivity contribution is 9.09. The molecular weight excluding hydrogens is 353 g/mol. The molecule has 0 atom stereocenters. The molecule has 0 heterocycles. The summed E-state index contributed by atoms with van der Waals surface area (Å²) in [4.78, 5) is 11.6. The quantitative estimate of drug-likeness (QED) is 0.417. The zero-order valence-corrected chi connectivity index (χ0v) is 12.2. The number of rotatable bonds is 5. The van der Waals surface area contributed by atoms with Crippen molar-refractivity contribution in [3.63, 3.8) is 0 Å². The highest BCUT2D eigenvalue weighted by Gasteiger charge is 2.31. The second-order valence-electron chi connectivity index (χ2n) is 3.37. The molecule has 0 saturated heterocycles. The molecule has 0 aliphatic carbocycles. The minimum Gasteiger partial charge on any atom is -0.294 e. The molecule has 0 spiro atoms. The first kappa shape index (κ1) is 15.9. The van der Waals surface area contributed by atoms with Crippen molar-refractivity contribution in [2.75, 3.05) is 5.33 Å². The van der Waals surface area contributed by atoms with Gasteiger partial charge in [-0.3, -0.25) is 4.79 Å². The van der Waals surface area contributed by atoms with Gasteiger partial charge in [0.2, 0.25) is 0 Å². The fourth-order valence-electron chi connectivity index (χ4n) is 1.31. The maximum absolute atomic E-state index is 12.4. The number of carbonyl (C=O) groups excluding carboxylic acids is 1. The van der Waals surface area contributed by atoms with Gasteiger partial charge >= 0.3 is 5.51 Å². The van der Waals surface area contributed by atoms with E-state index in [2.05, 4.69) is 15.9 Å². The molecule has 100 valence electrons. The Hall–Kier alpha value is -0.200. The molecule has 1 rings (SSSR count). The number of benzene rings is 1. The first-order valence-electron chi connectivity index (χ1n) is 4.91. The summed E-state index contributed by atoms with van der Waals surface area (Å²) in [5, 5.41) is 0.416. The molecule has 7 heteroatoms. The van der Waals surface area contributed by atoms with E-state index in [4.69, 9.17) is 11.6 Å². The normalized spacial score (nSPS) is 11.6. The van der Waals surface area contributed by atoms with Gasteiger partial charge in [-0.2, -0.15) is 13.2 Å². The molecule has 0 fully saturated rings. The third-order valence-electron chi connectivity index (χ3n) is 2.05. The lowest BCUT2D eigenvalue weighted by atomic mass is 10.1. The van der Waals surface area contributed by atoms with E-state index in [0.29, 0.717) is 10.9 Å². The van der Waals surface area contributed by atoms with E-state index in [1.807, 2.05) is 0 Å². The molecule has 18 heavy (non-hydrogen) atoms. The standard InChI is InChI=1S/C11H9BrClF3OS/c12-4-3-9(17)8-2-1-7(6-13)5-10(8)18-11(14,15)16/h1-2,5H,3-4,6H2. The van der Waals surface area contributed by atoms with Crippen molar-refractivity contribution in [2.45, 2.75) is 22.7 Å². The van der Waals surface area contributed by atoms with E-state index in [9.17, 15) is 18.0 Å². The third-order valence-corrected chi connectivity index (χ3v) is 3.54. The maximum Gasteiger partial charge on any atom is 0.446 e. The van der Waals surface area contributed by atoms with Crippen molar-refractivity contribution in [2.24, 2.45) is 0 Å². The van der Waals surface area contributed by atoms with Crippen molar-refractivity contribution < 1.29 is 18.0 Å². The molecule has 0 aromatic heterocycles. The molecule has 0 saturated carbocycles. The van der Waals surface area contributed by atoms with Gasteiger partial charge in [0.15, 0.2) is 5.78 Å². The van der Waals surface area contributed by atoms with Gasteiger partial charge < -0.3 is 0 Å². The summed E-state index contributed by atoms with van der Waals surface area (Å²) in [6.07, 6.45) is 0.158. The van der Waals surface area contributed by atoms with Crippen LogP contribution in [0.2, 0.25) is 0 Å². The van der Waals surface area contributed by atoms with Crippen LogP contribution >= 0.6 is 39.3 Å². The van der Waals surface area contributed by atoms with E-state index in [-0.39, 0.29) is 40.3 Å². The Balaban J connectivity index is 3.12. The van der Waals surface area contributed by atoms with Gasteiger partial charge in [-0.15, -0.1) is 11.6 Å². The first-order chi connectivity index (χ1) is 8.37. The van der Waals surface area contributed by atoms with Crippen LogP contribution in [0.25, 0.3) is 0 Å². The Kier molecular flexibility index (Phi) is 6.01. The molecular formula is C11H9BrClF3OS. The second-order valence-corrected chi connectivity index (χ2v) is 5.54. The van der Waals surface area contributed by atoms with Gasteiger partial charge in [-0.1, -0.05) is 22.0 Å². The Morgan fingerprint density at radius 3 is 2.56 bits per heavy atom. The predicted molar refractivity (Wildman–Crippen MR) is 70.7 cm³/mol. The van der Waals surface area contributed by atoms with Gasteiger partial charge in [0.05, 0.1) is 0 Å². The molecule has 0 aliphatic heterocycles. The number of Topliss-reactive ketones (excluding diaryl/α,β-unsaturated/α-hetero) is 1. The summed E-state index contributed by atoms with van der Waals surface area (Å²) in [5.74, 6) is -0.210. The minimum atomic E-state index is -4.42. The maximum atomic E-state index is 12.4. The Morgan fingerprint density at radius 1 is 1.39 bits per heavy atom. The molecule has 0 unspecified atom stereocenters. The fraction of sp³-hybridized carbons (Fsp3) is 0.364. The Labute approximate surface area is 120 Å². The number of thioether (sulfide) groups is 1. The van der Waals surface area contributed by atoms with Crippen molar-refractivity contribution in [1.29, 1.82) is 0 Å². The summed E-state index contributed by atoms with van der Waals surface area (Å²) in [5.41, 5.74) is -3.78. The van der Waals surface area contributed by atoms with Crippen LogP contribution in [-0.2, 0) is 5.88 Å². The van der Waals surface area contributed by atoms with Crippen LogP contribution in [-0.4, -0.2) is 16.6 Å². The number of ketones is 1. The number of hydrogen-bond acceptors (Lipinski definition) is 2. The highest BCUT2D eigenvalue weighted by Crippen LogP contribution is 2.39. The zero-order valence-electron chi connectivity index (χ0n) is 9.06. The van der Waals surface area contributed by atoms with Crippen LogP contribution in [0.15, 0.2) is 23.1 Å². The average Bonchev–Trinajstić information content (AvgIpc) is 2.27. The second kappa shape index (κ2) is 6.82. The van der Waals surface area contributed by atoms with Crippen LogP contribution in [0.3, 0.4) is 0 Å². The third kappa shape index (κ3) is 4.82. The SMILES string of the molecule is O=C(CCBr)c1ccc(CCl)cc1SC(F)(F)F. The van der Waals surface area contributed by atoms with E-state index >= 15 is 0 Å². The lowest BCUT2D eigenvalue weighted by molar-refractivity contribution is -0.0328. The molecule has 0 bridgehead atoms. The van der Waals surface area contributed by atoms with Gasteiger partial charge in [0.25, 0.3) is 0 Å². The largest absolute Gasteiger partial charge is 0.446 e. The van der Waals surface area contributed by atoms with Crippen molar-refractivity contribution in [3.8, 4) is 0 Å². The van der Waals surface area contributed by atoms with Gasteiger partial charge in [-0.05, 0) is 29.5 Å². The van der Waals surface area contributed by atoms with Crippen LogP contribution in [0.4, 0.5) is 13.2 Å². The van der Waals surface area contributed by atoms with Gasteiger partial charge in [-0.25, -0.2) is 0 Å². The molecule has 0 N–H and O–H groups in total. The summed E-state index contributed by atoms with van der Waals surface area (Å²) in [6, 6.07) is 4.28. The van der Waals surface area contributed by atoms with Crippen molar-refractivity contribution in [1.82, 2.24) is 0 Å². The number of halogens is 5. The van der Waals surface area contributed by atoms with Crippen LogP contribution in [0.1, 0.15) is 22.3 Å². The van der Waals surface area contributed by atoms with Gasteiger partial charge in [0, 0.05) is 28.1 Å². The van der Waals surface area contributed by atoms with Crippen LogP contribution < -0.4 is 0 Å². The molecule has 1 aromatic rings. The predicted octanol–water partition coefficient (Wildman–Crippen LogP) is 5.01. The molecule has 1 nitrogen and oxygen atoms in total. The highest BCUT2D eigenvalue weighted by atomic mass is 79.9. The summed E-state index contributed by atoms with van der Waals surface area (Å²) in [7, 11) is 0. The lowest BCUT2D eigenvalue weighted by Gasteiger charge is -2.11. The van der Waals surface area contributed by atoms with E-state index in [0.717, 1.165) is 0 Å². The number of carbonyl (C=O) groups is 1. The topological polar surface area (TPSA) is 17.1 Å². The van der Waals surface area contributed by atoms with Crippen LogP contribution in [0, 0.1) is 0 Å². The Morgan fingerprint density at radius 2 is 2.06 bits per heavy atom. The van der Waals surface area contributed by atoms with Crippen molar-refractivity contribution in [3.05, 3.63) is 29.3 Å². The fourth-order valence-corrected chi connectivity index (χ4v) is 2.59. The smallest absolute Gasteiger partial charge is 0.294 e. The lowest BCUT2D eigenvalue weighted by Crippen LogP contribution is -2.06.